The Bertz CT molecular complexity index is 411. The highest BCUT2D eigenvalue weighted by Gasteiger charge is 2.53. The first kappa shape index (κ1) is 18.5. The highest BCUT2D eigenvalue weighted by Crippen LogP contribution is 2.51. The summed E-state index contributed by atoms with van der Waals surface area (Å²) in [7, 11) is 0. The van der Waals surface area contributed by atoms with Gasteiger partial charge in [-0.1, -0.05) is 52.4 Å². The van der Waals surface area contributed by atoms with E-state index in [9.17, 15) is 4.79 Å². The fourth-order valence-electron chi connectivity index (χ4n) is 4.06. The van der Waals surface area contributed by atoms with Gasteiger partial charge in [0, 0.05) is 11.5 Å². The Morgan fingerprint density at radius 2 is 1.91 bits per heavy atom. The summed E-state index contributed by atoms with van der Waals surface area (Å²) in [4.78, 5) is 12.2. The summed E-state index contributed by atoms with van der Waals surface area (Å²) in [6.45, 7) is 6.78. The molecular formula is C20H34O3. The molecule has 0 amide bonds. The zero-order valence-electron chi connectivity index (χ0n) is 15.2. The van der Waals surface area contributed by atoms with Crippen LogP contribution in [-0.2, 0) is 14.3 Å². The molecule has 1 saturated heterocycles. The molecule has 23 heavy (non-hydrogen) atoms. The standard InChI is InChI=1S/C20H34O3/c1-4-6-10-14-22-19(21)16(3)15-20(13-7-5-2)17-11-8-9-12-18(17)23-20/h15,17-18H,4-14H2,1-3H3/b16-15+. The minimum Gasteiger partial charge on any atom is -0.462 e. The van der Waals surface area contributed by atoms with Crippen molar-refractivity contribution in [3.63, 3.8) is 0 Å². The largest absolute Gasteiger partial charge is 0.462 e. The first-order valence-corrected chi connectivity index (χ1v) is 9.67. The maximum absolute atomic E-state index is 12.2. The topological polar surface area (TPSA) is 35.5 Å². The van der Waals surface area contributed by atoms with E-state index in [1.807, 2.05) is 6.92 Å². The molecule has 0 aromatic rings. The lowest BCUT2D eigenvalue weighted by atomic mass is 9.67. The number of rotatable bonds is 9. The third kappa shape index (κ3) is 4.59. The molecule has 2 rings (SSSR count). The summed E-state index contributed by atoms with van der Waals surface area (Å²) < 4.78 is 11.7. The van der Waals surface area contributed by atoms with Gasteiger partial charge in [0.2, 0.25) is 0 Å². The average Bonchev–Trinajstić information content (AvgIpc) is 2.54. The number of fused-ring (bicyclic) bond motifs is 1. The predicted molar refractivity (Wildman–Crippen MR) is 93.3 cm³/mol. The second kappa shape index (κ2) is 8.86. The lowest BCUT2D eigenvalue weighted by molar-refractivity contribution is -0.251. The van der Waals surface area contributed by atoms with Crippen LogP contribution in [0.25, 0.3) is 0 Å². The van der Waals surface area contributed by atoms with Gasteiger partial charge in [-0.3, -0.25) is 0 Å². The van der Waals surface area contributed by atoms with Crippen LogP contribution in [0.1, 0.15) is 85.0 Å². The second-order valence-electron chi connectivity index (χ2n) is 7.28. The molecular weight excluding hydrogens is 288 g/mol. The lowest BCUT2D eigenvalue weighted by Gasteiger charge is -2.56. The molecule has 0 aromatic heterocycles. The molecule has 3 heteroatoms. The number of carbonyl (C=O) groups is 1. The summed E-state index contributed by atoms with van der Waals surface area (Å²) in [5, 5.41) is 0. The summed E-state index contributed by atoms with van der Waals surface area (Å²) in [5.41, 5.74) is 0.523. The molecule has 2 aliphatic rings. The Kier molecular flexibility index (Phi) is 7.13. The molecule has 1 aliphatic carbocycles. The minimum atomic E-state index is -0.201. The van der Waals surface area contributed by atoms with Gasteiger partial charge in [0.15, 0.2) is 0 Å². The van der Waals surface area contributed by atoms with E-state index in [0.29, 0.717) is 18.6 Å². The van der Waals surface area contributed by atoms with Crippen molar-refractivity contribution < 1.29 is 14.3 Å². The number of hydrogen-bond donors (Lipinski definition) is 0. The normalized spacial score (nSPS) is 30.5. The minimum absolute atomic E-state index is 0.167. The highest BCUT2D eigenvalue weighted by atomic mass is 16.5. The van der Waals surface area contributed by atoms with Crippen molar-refractivity contribution in [1.82, 2.24) is 0 Å². The van der Waals surface area contributed by atoms with E-state index in [2.05, 4.69) is 19.9 Å². The number of carbonyl (C=O) groups excluding carboxylic acids is 1. The molecule has 132 valence electrons. The van der Waals surface area contributed by atoms with Crippen LogP contribution in [0, 0.1) is 5.92 Å². The van der Waals surface area contributed by atoms with Crippen LogP contribution >= 0.6 is 0 Å². The number of hydrogen-bond acceptors (Lipinski definition) is 3. The molecule has 0 aromatic carbocycles. The SMILES string of the molecule is CCCCCOC(=O)/C(C)=C/C1(CCCC)OC2CCCCC21. The van der Waals surface area contributed by atoms with Gasteiger partial charge >= 0.3 is 5.97 Å². The molecule has 0 bridgehead atoms. The van der Waals surface area contributed by atoms with Gasteiger partial charge in [-0.25, -0.2) is 4.79 Å². The third-order valence-corrected chi connectivity index (χ3v) is 5.39. The maximum Gasteiger partial charge on any atom is 0.333 e. The van der Waals surface area contributed by atoms with E-state index < -0.39 is 0 Å². The summed E-state index contributed by atoms with van der Waals surface area (Å²) in [6, 6.07) is 0. The molecule has 0 N–H and O–H groups in total. The van der Waals surface area contributed by atoms with Crippen molar-refractivity contribution >= 4 is 5.97 Å². The monoisotopic (exact) mass is 322 g/mol. The summed E-state index contributed by atoms with van der Waals surface area (Å²) in [6.07, 6.45) is 14.1. The van der Waals surface area contributed by atoms with Crippen molar-refractivity contribution in [2.45, 2.75) is 96.7 Å². The average molecular weight is 322 g/mol. The van der Waals surface area contributed by atoms with E-state index in [0.717, 1.165) is 44.1 Å². The molecule has 3 nitrogen and oxygen atoms in total. The Morgan fingerprint density at radius 1 is 1.17 bits per heavy atom. The molecule has 1 saturated carbocycles. The molecule has 1 heterocycles. The van der Waals surface area contributed by atoms with Gasteiger partial charge in [-0.2, -0.15) is 0 Å². The van der Waals surface area contributed by atoms with Crippen LogP contribution in [0.3, 0.4) is 0 Å². The lowest BCUT2D eigenvalue weighted by Crippen LogP contribution is -2.60. The van der Waals surface area contributed by atoms with Crippen LogP contribution in [0.5, 0.6) is 0 Å². The molecule has 3 unspecified atom stereocenters. The molecule has 0 radical (unpaired) electrons. The fourth-order valence-corrected chi connectivity index (χ4v) is 4.06. The fraction of sp³-hybridized carbons (Fsp3) is 0.850. The summed E-state index contributed by atoms with van der Waals surface area (Å²) >= 11 is 0. The third-order valence-electron chi connectivity index (χ3n) is 5.39. The molecule has 3 atom stereocenters. The van der Waals surface area contributed by atoms with Gasteiger partial charge in [0.1, 0.15) is 0 Å². The van der Waals surface area contributed by atoms with Crippen molar-refractivity contribution in [2.75, 3.05) is 6.61 Å². The van der Waals surface area contributed by atoms with Crippen LogP contribution in [0.4, 0.5) is 0 Å². The Morgan fingerprint density at radius 3 is 2.61 bits per heavy atom. The quantitative estimate of drug-likeness (QED) is 0.333. The zero-order chi connectivity index (χ0) is 16.7. The van der Waals surface area contributed by atoms with E-state index >= 15 is 0 Å². The van der Waals surface area contributed by atoms with Gasteiger partial charge in [0.25, 0.3) is 0 Å². The van der Waals surface area contributed by atoms with E-state index in [-0.39, 0.29) is 11.6 Å². The van der Waals surface area contributed by atoms with Crippen molar-refractivity contribution in [1.29, 1.82) is 0 Å². The molecule has 2 fully saturated rings. The first-order valence-electron chi connectivity index (χ1n) is 9.67. The van der Waals surface area contributed by atoms with Crippen molar-refractivity contribution in [2.24, 2.45) is 5.92 Å². The van der Waals surface area contributed by atoms with Crippen molar-refractivity contribution in [3.8, 4) is 0 Å². The zero-order valence-corrected chi connectivity index (χ0v) is 15.2. The Hall–Kier alpha value is -0.830. The van der Waals surface area contributed by atoms with Gasteiger partial charge in [0.05, 0.1) is 18.3 Å². The molecule has 0 spiro atoms. The predicted octanol–water partition coefficient (Wildman–Crippen LogP) is 5.18. The Balaban J connectivity index is 1.97. The van der Waals surface area contributed by atoms with Crippen LogP contribution in [0.15, 0.2) is 11.6 Å². The van der Waals surface area contributed by atoms with E-state index in [1.165, 1.54) is 25.7 Å². The van der Waals surface area contributed by atoms with E-state index in [4.69, 9.17) is 9.47 Å². The number of ether oxygens (including phenoxy) is 2. The van der Waals surface area contributed by atoms with Crippen LogP contribution in [0.2, 0.25) is 0 Å². The van der Waals surface area contributed by atoms with Gasteiger partial charge in [-0.05, 0) is 38.7 Å². The maximum atomic E-state index is 12.2. The highest BCUT2D eigenvalue weighted by molar-refractivity contribution is 5.88. The first-order chi connectivity index (χ1) is 11.1. The smallest absolute Gasteiger partial charge is 0.333 e. The second-order valence-corrected chi connectivity index (χ2v) is 7.28. The van der Waals surface area contributed by atoms with E-state index in [1.54, 1.807) is 0 Å². The van der Waals surface area contributed by atoms with Crippen molar-refractivity contribution in [3.05, 3.63) is 11.6 Å². The molecule has 1 aliphatic heterocycles. The van der Waals surface area contributed by atoms with Crippen LogP contribution in [-0.4, -0.2) is 24.3 Å². The number of unbranched alkanes of at least 4 members (excludes halogenated alkanes) is 3. The van der Waals surface area contributed by atoms with Gasteiger partial charge < -0.3 is 9.47 Å². The Labute approximate surface area is 141 Å². The van der Waals surface area contributed by atoms with Crippen LogP contribution < -0.4 is 0 Å². The number of esters is 1. The van der Waals surface area contributed by atoms with Gasteiger partial charge in [-0.15, -0.1) is 0 Å². The summed E-state index contributed by atoms with van der Waals surface area (Å²) in [5.74, 6) is 0.436.